The first-order chi connectivity index (χ1) is 9.77. The summed E-state index contributed by atoms with van der Waals surface area (Å²) >= 11 is 0. The number of carbonyl (C=O) groups excluding carboxylic acids is 1. The van der Waals surface area contributed by atoms with Crippen molar-refractivity contribution >= 4 is 11.6 Å². The fraction of sp³-hybridized carbons (Fsp3) is 0.562. The van der Waals surface area contributed by atoms with Crippen molar-refractivity contribution in [1.29, 1.82) is 0 Å². The standard InChI is InChI=1S/C16H24N2O2/c1-3-17-14-9-7-11-18(16(19)12-20-4-2)15-10-6-5-8-13(14)15/h5-6,8,10,14,17H,3-4,7,9,11-12H2,1-2H3. The van der Waals surface area contributed by atoms with Crippen LogP contribution in [-0.2, 0) is 9.53 Å². The maximum atomic E-state index is 12.3. The molecule has 1 unspecified atom stereocenters. The number of anilines is 1. The molecule has 0 spiro atoms. The van der Waals surface area contributed by atoms with Gasteiger partial charge in [-0.3, -0.25) is 4.79 Å². The largest absolute Gasteiger partial charge is 0.372 e. The normalized spacial score (nSPS) is 18.5. The van der Waals surface area contributed by atoms with E-state index < -0.39 is 0 Å². The Morgan fingerprint density at radius 1 is 1.40 bits per heavy atom. The molecule has 0 saturated heterocycles. The van der Waals surface area contributed by atoms with E-state index in [0.29, 0.717) is 12.6 Å². The second-order valence-electron chi connectivity index (χ2n) is 4.99. The molecule has 0 saturated carbocycles. The van der Waals surface area contributed by atoms with Crippen LogP contribution in [0.25, 0.3) is 0 Å². The van der Waals surface area contributed by atoms with Crippen molar-refractivity contribution in [3.63, 3.8) is 0 Å². The van der Waals surface area contributed by atoms with Gasteiger partial charge in [-0.15, -0.1) is 0 Å². The molecule has 1 heterocycles. The van der Waals surface area contributed by atoms with Crippen molar-refractivity contribution < 1.29 is 9.53 Å². The SMILES string of the molecule is CCNC1CCCN(C(=O)COCC)c2ccccc21. The van der Waals surface area contributed by atoms with Crippen molar-refractivity contribution in [2.75, 3.05) is 31.2 Å². The molecule has 0 aromatic heterocycles. The van der Waals surface area contributed by atoms with E-state index in [2.05, 4.69) is 18.3 Å². The molecule has 1 amide bonds. The highest BCUT2D eigenvalue weighted by Crippen LogP contribution is 2.32. The highest BCUT2D eigenvalue weighted by molar-refractivity contribution is 5.95. The van der Waals surface area contributed by atoms with Crippen LogP contribution in [0.5, 0.6) is 0 Å². The van der Waals surface area contributed by atoms with Crippen LogP contribution in [0.2, 0.25) is 0 Å². The van der Waals surface area contributed by atoms with Gasteiger partial charge < -0.3 is 15.0 Å². The molecule has 1 aliphatic heterocycles. The Bertz CT molecular complexity index is 448. The molecule has 1 aliphatic rings. The van der Waals surface area contributed by atoms with E-state index in [-0.39, 0.29) is 12.5 Å². The quantitative estimate of drug-likeness (QED) is 0.898. The zero-order chi connectivity index (χ0) is 14.4. The summed E-state index contributed by atoms with van der Waals surface area (Å²) in [5.41, 5.74) is 2.25. The zero-order valence-corrected chi connectivity index (χ0v) is 12.4. The predicted molar refractivity (Wildman–Crippen MR) is 80.9 cm³/mol. The summed E-state index contributed by atoms with van der Waals surface area (Å²) in [5.74, 6) is 0.0523. The van der Waals surface area contributed by atoms with Crippen molar-refractivity contribution in [2.45, 2.75) is 32.7 Å². The molecule has 4 nitrogen and oxygen atoms in total. The second kappa shape index (κ2) is 7.41. The molecular weight excluding hydrogens is 252 g/mol. The van der Waals surface area contributed by atoms with Crippen molar-refractivity contribution in [3.05, 3.63) is 29.8 Å². The minimum atomic E-state index is 0.0523. The third kappa shape index (κ3) is 3.38. The Labute approximate surface area is 121 Å². The molecule has 0 aliphatic carbocycles. The first-order valence-electron chi connectivity index (χ1n) is 7.48. The number of amides is 1. The minimum Gasteiger partial charge on any atom is -0.372 e. The first-order valence-corrected chi connectivity index (χ1v) is 7.48. The predicted octanol–water partition coefficient (Wildman–Crippen LogP) is 2.50. The number of hydrogen-bond acceptors (Lipinski definition) is 3. The summed E-state index contributed by atoms with van der Waals surface area (Å²) in [4.78, 5) is 14.2. The Hall–Kier alpha value is -1.39. The van der Waals surface area contributed by atoms with Crippen LogP contribution in [0.15, 0.2) is 24.3 Å². The van der Waals surface area contributed by atoms with Gasteiger partial charge in [0.1, 0.15) is 6.61 Å². The number of nitrogens with one attached hydrogen (secondary N) is 1. The lowest BCUT2D eigenvalue weighted by molar-refractivity contribution is -0.122. The summed E-state index contributed by atoms with van der Waals surface area (Å²) in [6, 6.07) is 8.53. The Balaban J connectivity index is 2.26. The van der Waals surface area contributed by atoms with Gasteiger partial charge in [0.25, 0.3) is 5.91 Å². The van der Waals surface area contributed by atoms with Crippen LogP contribution in [0.3, 0.4) is 0 Å². The van der Waals surface area contributed by atoms with Crippen LogP contribution >= 0.6 is 0 Å². The van der Waals surface area contributed by atoms with E-state index in [1.54, 1.807) is 0 Å². The highest BCUT2D eigenvalue weighted by atomic mass is 16.5. The molecule has 20 heavy (non-hydrogen) atoms. The fourth-order valence-electron chi connectivity index (χ4n) is 2.74. The zero-order valence-electron chi connectivity index (χ0n) is 12.4. The van der Waals surface area contributed by atoms with Crippen LogP contribution in [0, 0.1) is 0 Å². The van der Waals surface area contributed by atoms with Crippen molar-refractivity contribution in [3.8, 4) is 0 Å². The van der Waals surface area contributed by atoms with Gasteiger partial charge in [-0.25, -0.2) is 0 Å². The average Bonchev–Trinajstić information content (AvgIpc) is 2.65. The first kappa shape index (κ1) is 15.0. The van der Waals surface area contributed by atoms with Gasteiger partial charge in [0.2, 0.25) is 0 Å². The average molecular weight is 276 g/mol. The molecule has 0 bridgehead atoms. The third-order valence-electron chi connectivity index (χ3n) is 3.66. The third-order valence-corrected chi connectivity index (χ3v) is 3.66. The van der Waals surface area contributed by atoms with E-state index in [0.717, 1.165) is 31.6 Å². The molecule has 1 N–H and O–H groups in total. The molecule has 110 valence electrons. The molecule has 1 aromatic rings. The Kier molecular flexibility index (Phi) is 5.56. The molecule has 1 aromatic carbocycles. The number of nitrogens with zero attached hydrogens (tertiary/aromatic N) is 1. The lowest BCUT2D eigenvalue weighted by atomic mass is 10.0. The number of carbonyl (C=O) groups is 1. The van der Waals surface area contributed by atoms with E-state index in [9.17, 15) is 4.79 Å². The summed E-state index contributed by atoms with van der Waals surface area (Å²) < 4.78 is 5.27. The van der Waals surface area contributed by atoms with E-state index in [1.807, 2.05) is 30.0 Å². The maximum absolute atomic E-state index is 12.3. The van der Waals surface area contributed by atoms with Gasteiger partial charge in [-0.1, -0.05) is 25.1 Å². The molecule has 4 heteroatoms. The van der Waals surface area contributed by atoms with Gasteiger partial charge in [-0.05, 0) is 37.9 Å². The van der Waals surface area contributed by atoms with Gasteiger partial charge in [0, 0.05) is 24.9 Å². The minimum absolute atomic E-state index is 0.0523. The van der Waals surface area contributed by atoms with Crippen molar-refractivity contribution in [1.82, 2.24) is 5.32 Å². The van der Waals surface area contributed by atoms with Crippen LogP contribution in [-0.4, -0.2) is 32.2 Å². The highest BCUT2D eigenvalue weighted by Gasteiger charge is 2.25. The number of benzene rings is 1. The summed E-state index contributed by atoms with van der Waals surface area (Å²) in [6.07, 6.45) is 2.06. The number of ether oxygens (including phenoxy) is 1. The molecule has 2 rings (SSSR count). The monoisotopic (exact) mass is 276 g/mol. The Morgan fingerprint density at radius 2 is 2.20 bits per heavy atom. The summed E-state index contributed by atoms with van der Waals surface area (Å²) in [5, 5.41) is 3.51. The van der Waals surface area contributed by atoms with Crippen LogP contribution < -0.4 is 10.2 Å². The van der Waals surface area contributed by atoms with Crippen LogP contribution in [0.1, 0.15) is 38.3 Å². The molecular formula is C16H24N2O2. The number of para-hydroxylation sites is 1. The van der Waals surface area contributed by atoms with E-state index in [4.69, 9.17) is 4.74 Å². The lowest BCUT2D eigenvalue weighted by Crippen LogP contribution is -2.34. The second-order valence-corrected chi connectivity index (χ2v) is 4.99. The number of hydrogen-bond donors (Lipinski definition) is 1. The fourth-order valence-corrected chi connectivity index (χ4v) is 2.74. The van der Waals surface area contributed by atoms with Crippen LogP contribution in [0.4, 0.5) is 5.69 Å². The molecule has 1 atom stereocenters. The van der Waals surface area contributed by atoms with Gasteiger partial charge in [-0.2, -0.15) is 0 Å². The molecule has 0 radical (unpaired) electrons. The van der Waals surface area contributed by atoms with Gasteiger partial charge in [0.15, 0.2) is 0 Å². The lowest BCUT2D eigenvalue weighted by Gasteiger charge is -2.24. The van der Waals surface area contributed by atoms with Gasteiger partial charge in [0.05, 0.1) is 0 Å². The van der Waals surface area contributed by atoms with Gasteiger partial charge >= 0.3 is 0 Å². The summed E-state index contributed by atoms with van der Waals surface area (Å²) in [7, 11) is 0. The smallest absolute Gasteiger partial charge is 0.252 e. The van der Waals surface area contributed by atoms with E-state index >= 15 is 0 Å². The maximum Gasteiger partial charge on any atom is 0.252 e. The number of fused-ring (bicyclic) bond motifs is 1. The summed E-state index contributed by atoms with van der Waals surface area (Å²) in [6.45, 7) is 6.46. The Morgan fingerprint density at radius 3 is 2.95 bits per heavy atom. The van der Waals surface area contributed by atoms with Crippen molar-refractivity contribution in [2.24, 2.45) is 0 Å². The molecule has 0 fully saturated rings. The topological polar surface area (TPSA) is 41.6 Å². The van der Waals surface area contributed by atoms with E-state index in [1.165, 1.54) is 5.56 Å². The number of rotatable bonds is 5.